The summed E-state index contributed by atoms with van der Waals surface area (Å²) in [7, 11) is 1.58. The smallest absolute Gasteiger partial charge is 0.263 e. The van der Waals surface area contributed by atoms with Gasteiger partial charge in [0.1, 0.15) is 17.5 Å². The van der Waals surface area contributed by atoms with Gasteiger partial charge in [-0.1, -0.05) is 11.6 Å². The first-order valence-electron chi connectivity index (χ1n) is 9.13. The van der Waals surface area contributed by atoms with Crippen LogP contribution in [0.2, 0.25) is 5.02 Å². The maximum absolute atomic E-state index is 14.7. The van der Waals surface area contributed by atoms with Crippen LogP contribution in [0.1, 0.15) is 12.2 Å². The van der Waals surface area contributed by atoms with Crippen LogP contribution >= 0.6 is 11.6 Å². The molecule has 0 spiro atoms. The number of rotatable bonds is 3. The van der Waals surface area contributed by atoms with Gasteiger partial charge in [-0.15, -0.1) is 0 Å². The van der Waals surface area contributed by atoms with Gasteiger partial charge in [0.2, 0.25) is 6.43 Å². The molecule has 0 N–H and O–H groups in total. The Morgan fingerprint density at radius 2 is 2.00 bits per heavy atom. The molecule has 1 fully saturated rings. The zero-order valence-corrected chi connectivity index (χ0v) is 16.6. The number of anilines is 1. The summed E-state index contributed by atoms with van der Waals surface area (Å²) in [5.41, 5.74) is 0.220. The van der Waals surface area contributed by atoms with E-state index in [2.05, 4.69) is 9.97 Å². The van der Waals surface area contributed by atoms with Gasteiger partial charge in [0.05, 0.1) is 16.6 Å². The van der Waals surface area contributed by atoms with Crippen LogP contribution in [0.4, 0.5) is 19.0 Å². The quantitative estimate of drug-likeness (QED) is 0.635. The molecular weight excluding hydrogens is 405 g/mol. The first-order valence-corrected chi connectivity index (χ1v) is 9.51. The van der Waals surface area contributed by atoms with E-state index in [0.717, 1.165) is 6.07 Å². The standard InChI is InChI=1S/C20H18ClF3N4O/c1-10-25-15-8-16(28-6-5-11(9-28)19(23)24)26-18(17(15)20(29)27(10)2)13-4-3-12(21)7-14(13)22/h3-4,7-8,11,19H,5-6,9H2,1-2H3. The maximum Gasteiger partial charge on any atom is 0.263 e. The third-order valence-corrected chi connectivity index (χ3v) is 5.60. The Morgan fingerprint density at radius 3 is 2.66 bits per heavy atom. The average molecular weight is 423 g/mol. The monoisotopic (exact) mass is 422 g/mol. The van der Waals surface area contributed by atoms with E-state index in [4.69, 9.17) is 11.6 Å². The second kappa shape index (κ2) is 7.33. The van der Waals surface area contributed by atoms with Crippen molar-refractivity contribution in [2.24, 2.45) is 13.0 Å². The third kappa shape index (κ3) is 3.46. The van der Waals surface area contributed by atoms with E-state index >= 15 is 0 Å². The van der Waals surface area contributed by atoms with Crippen molar-refractivity contribution < 1.29 is 13.2 Å². The molecule has 1 saturated heterocycles. The molecule has 3 aromatic rings. The van der Waals surface area contributed by atoms with Crippen molar-refractivity contribution in [2.75, 3.05) is 18.0 Å². The summed E-state index contributed by atoms with van der Waals surface area (Å²) >= 11 is 5.86. The Balaban J connectivity index is 1.97. The van der Waals surface area contributed by atoms with Crippen LogP contribution in [0.15, 0.2) is 29.1 Å². The van der Waals surface area contributed by atoms with Gasteiger partial charge in [0.25, 0.3) is 5.56 Å². The average Bonchev–Trinajstić information content (AvgIpc) is 3.16. The Hall–Kier alpha value is -2.61. The highest BCUT2D eigenvalue weighted by Crippen LogP contribution is 2.33. The lowest BCUT2D eigenvalue weighted by Gasteiger charge is -2.20. The fourth-order valence-electron chi connectivity index (χ4n) is 3.62. The van der Waals surface area contributed by atoms with Gasteiger partial charge < -0.3 is 4.90 Å². The minimum absolute atomic E-state index is 0.105. The largest absolute Gasteiger partial charge is 0.356 e. The third-order valence-electron chi connectivity index (χ3n) is 5.36. The summed E-state index contributed by atoms with van der Waals surface area (Å²) in [6.07, 6.45) is -2.08. The highest BCUT2D eigenvalue weighted by molar-refractivity contribution is 6.30. The number of hydrogen-bond donors (Lipinski definition) is 0. The topological polar surface area (TPSA) is 51.0 Å². The number of alkyl halides is 2. The van der Waals surface area contributed by atoms with E-state index in [-0.39, 0.29) is 33.8 Å². The lowest BCUT2D eigenvalue weighted by Crippen LogP contribution is -2.25. The van der Waals surface area contributed by atoms with Crippen LogP contribution in [-0.4, -0.2) is 34.1 Å². The zero-order valence-electron chi connectivity index (χ0n) is 15.8. The normalized spacial score (nSPS) is 16.9. The number of fused-ring (bicyclic) bond motifs is 1. The van der Waals surface area contributed by atoms with E-state index in [9.17, 15) is 18.0 Å². The summed E-state index contributed by atoms with van der Waals surface area (Å²) in [5.74, 6) is -0.501. The van der Waals surface area contributed by atoms with E-state index in [0.29, 0.717) is 30.1 Å². The molecule has 3 heterocycles. The van der Waals surface area contributed by atoms with Crippen molar-refractivity contribution >= 4 is 28.3 Å². The van der Waals surface area contributed by atoms with Gasteiger partial charge in [0.15, 0.2) is 0 Å². The molecule has 0 amide bonds. The number of hydrogen-bond acceptors (Lipinski definition) is 4. The Labute approximate surface area is 169 Å². The van der Waals surface area contributed by atoms with Crippen LogP contribution in [0.3, 0.4) is 0 Å². The van der Waals surface area contributed by atoms with Crippen molar-refractivity contribution in [3.63, 3.8) is 0 Å². The van der Waals surface area contributed by atoms with E-state index in [1.54, 1.807) is 24.9 Å². The lowest BCUT2D eigenvalue weighted by atomic mass is 10.1. The molecule has 5 nitrogen and oxygen atoms in total. The molecule has 0 saturated carbocycles. The molecule has 1 unspecified atom stereocenters. The minimum Gasteiger partial charge on any atom is -0.356 e. The molecule has 4 rings (SSSR count). The van der Waals surface area contributed by atoms with E-state index in [1.807, 2.05) is 0 Å². The lowest BCUT2D eigenvalue weighted by molar-refractivity contribution is 0.0880. The van der Waals surface area contributed by atoms with Crippen LogP contribution < -0.4 is 10.5 Å². The first-order chi connectivity index (χ1) is 13.8. The van der Waals surface area contributed by atoms with Gasteiger partial charge in [-0.25, -0.2) is 23.1 Å². The van der Waals surface area contributed by atoms with Crippen molar-refractivity contribution in [1.29, 1.82) is 0 Å². The number of aromatic nitrogens is 3. The zero-order chi connectivity index (χ0) is 20.9. The number of nitrogens with zero attached hydrogens (tertiary/aromatic N) is 4. The van der Waals surface area contributed by atoms with E-state index < -0.39 is 18.2 Å². The number of pyridine rings is 1. The predicted molar refractivity (Wildman–Crippen MR) is 106 cm³/mol. The van der Waals surface area contributed by atoms with Gasteiger partial charge in [-0.3, -0.25) is 9.36 Å². The highest BCUT2D eigenvalue weighted by atomic mass is 35.5. The first kappa shape index (κ1) is 19.7. The van der Waals surface area contributed by atoms with E-state index in [1.165, 1.54) is 16.7 Å². The predicted octanol–water partition coefficient (Wildman–Crippen LogP) is 4.19. The van der Waals surface area contributed by atoms with Gasteiger partial charge in [0, 0.05) is 42.7 Å². The molecule has 152 valence electrons. The SMILES string of the molecule is Cc1nc2cc(N3CCC(C(F)F)C3)nc(-c3ccc(Cl)cc3F)c2c(=O)n1C. The molecule has 2 aromatic heterocycles. The minimum atomic E-state index is -2.42. The molecule has 1 aliphatic rings. The van der Waals surface area contributed by atoms with Gasteiger partial charge >= 0.3 is 0 Å². The Morgan fingerprint density at radius 1 is 1.24 bits per heavy atom. The Kier molecular flexibility index (Phi) is 4.98. The maximum atomic E-state index is 14.7. The Bertz CT molecular complexity index is 1160. The van der Waals surface area contributed by atoms with Crippen molar-refractivity contribution in [3.8, 4) is 11.3 Å². The highest BCUT2D eigenvalue weighted by Gasteiger charge is 2.31. The molecule has 0 aliphatic carbocycles. The summed E-state index contributed by atoms with van der Waals surface area (Å²) in [4.78, 5) is 23.6. The molecule has 0 bridgehead atoms. The molecule has 1 atom stereocenters. The summed E-state index contributed by atoms with van der Waals surface area (Å²) < 4.78 is 42.3. The van der Waals surface area contributed by atoms with Gasteiger partial charge in [-0.2, -0.15) is 0 Å². The number of aryl methyl sites for hydroxylation is 1. The number of halogens is 4. The van der Waals surface area contributed by atoms with Gasteiger partial charge in [-0.05, 0) is 31.5 Å². The van der Waals surface area contributed by atoms with Crippen molar-refractivity contribution in [1.82, 2.24) is 14.5 Å². The van der Waals surface area contributed by atoms with Crippen molar-refractivity contribution in [3.05, 3.63) is 51.3 Å². The second-order valence-electron chi connectivity index (χ2n) is 7.20. The van der Waals surface area contributed by atoms with Crippen LogP contribution in [0.5, 0.6) is 0 Å². The summed E-state index contributed by atoms with van der Waals surface area (Å²) in [6, 6.07) is 5.71. The second-order valence-corrected chi connectivity index (χ2v) is 7.64. The fraction of sp³-hybridized carbons (Fsp3) is 0.350. The van der Waals surface area contributed by atoms with Crippen LogP contribution in [0, 0.1) is 18.7 Å². The molecular formula is C20H18ClF3N4O. The van der Waals surface area contributed by atoms with Crippen molar-refractivity contribution in [2.45, 2.75) is 19.8 Å². The fourth-order valence-corrected chi connectivity index (χ4v) is 3.78. The number of benzene rings is 1. The molecule has 0 radical (unpaired) electrons. The van der Waals surface area contributed by atoms with Crippen LogP contribution in [0.25, 0.3) is 22.2 Å². The van der Waals surface area contributed by atoms with Crippen LogP contribution in [-0.2, 0) is 7.05 Å². The molecule has 1 aliphatic heterocycles. The summed E-state index contributed by atoms with van der Waals surface area (Å²) in [6.45, 7) is 2.23. The molecule has 9 heteroatoms. The molecule has 1 aromatic carbocycles. The summed E-state index contributed by atoms with van der Waals surface area (Å²) in [5, 5.41) is 0.389. The molecule has 29 heavy (non-hydrogen) atoms.